The lowest BCUT2D eigenvalue weighted by atomic mass is 9.44. The summed E-state index contributed by atoms with van der Waals surface area (Å²) in [6, 6.07) is 9.31. The van der Waals surface area contributed by atoms with Gasteiger partial charge in [0.15, 0.2) is 0 Å². The van der Waals surface area contributed by atoms with Gasteiger partial charge in [-0.2, -0.15) is 0 Å². The van der Waals surface area contributed by atoms with Gasteiger partial charge in [0.1, 0.15) is 0 Å². The Hall–Kier alpha value is -1.59. The summed E-state index contributed by atoms with van der Waals surface area (Å²) in [4.78, 5) is 17.2. The third-order valence-electron chi connectivity index (χ3n) is 10.9. The van der Waals surface area contributed by atoms with Crippen molar-refractivity contribution < 1.29 is 9.53 Å². The molecule has 5 nitrogen and oxygen atoms in total. The van der Waals surface area contributed by atoms with Gasteiger partial charge in [0.2, 0.25) is 0 Å². The van der Waals surface area contributed by atoms with E-state index in [0.29, 0.717) is 35.1 Å². The molecule has 2 bridgehead atoms. The van der Waals surface area contributed by atoms with Gasteiger partial charge in [-0.3, -0.25) is 4.90 Å². The van der Waals surface area contributed by atoms with Crippen LogP contribution < -0.4 is 10.2 Å². The molecule has 1 N–H and O–H groups in total. The van der Waals surface area contributed by atoms with Gasteiger partial charge >= 0.3 is 5.97 Å². The van der Waals surface area contributed by atoms with Crippen molar-refractivity contribution in [1.29, 1.82) is 0 Å². The molecular weight excluding hydrogens is 458 g/mol. The van der Waals surface area contributed by atoms with Gasteiger partial charge in [0, 0.05) is 50.5 Å². The van der Waals surface area contributed by atoms with Gasteiger partial charge < -0.3 is 15.0 Å². The van der Waals surface area contributed by atoms with Crippen LogP contribution in [0.2, 0.25) is 0 Å². The van der Waals surface area contributed by atoms with Crippen molar-refractivity contribution in [2.75, 3.05) is 44.2 Å². The Bertz CT molecular complexity index is 934. The molecule has 206 valence electrons. The highest BCUT2D eigenvalue weighted by molar-refractivity contribution is 5.89. The topological polar surface area (TPSA) is 44.8 Å². The molecule has 1 aromatic carbocycles. The summed E-state index contributed by atoms with van der Waals surface area (Å²) in [6.45, 7) is 20.3. The molecule has 0 radical (unpaired) electrons. The lowest BCUT2D eigenvalue weighted by molar-refractivity contribution is -0.118. The van der Waals surface area contributed by atoms with E-state index in [-0.39, 0.29) is 5.97 Å². The first kappa shape index (κ1) is 27.0. The molecule has 4 saturated carbocycles. The van der Waals surface area contributed by atoms with Gasteiger partial charge in [-0.05, 0) is 97.8 Å². The summed E-state index contributed by atoms with van der Waals surface area (Å²) in [5.41, 5.74) is 2.85. The average Bonchev–Trinajstić information content (AvgIpc) is 2.87. The van der Waals surface area contributed by atoms with E-state index < -0.39 is 0 Å². The van der Waals surface area contributed by atoms with E-state index in [1.54, 1.807) is 0 Å². The van der Waals surface area contributed by atoms with Crippen molar-refractivity contribution in [2.24, 2.45) is 34.5 Å². The number of anilines is 1. The molecule has 1 aliphatic heterocycles. The number of piperazine rings is 1. The molecule has 1 saturated heterocycles. The van der Waals surface area contributed by atoms with Crippen LogP contribution in [0, 0.1) is 34.5 Å². The number of fused-ring (bicyclic) bond motifs is 2. The quantitative estimate of drug-likeness (QED) is 0.468. The average molecular weight is 510 g/mol. The fraction of sp³-hybridized carbons (Fsp3) is 0.781. The van der Waals surface area contributed by atoms with Crippen LogP contribution in [-0.2, 0) is 4.74 Å². The van der Waals surface area contributed by atoms with Crippen molar-refractivity contribution in [3.05, 3.63) is 29.8 Å². The molecule has 5 fully saturated rings. The summed E-state index contributed by atoms with van der Waals surface area (Å²) < 4.78 is 5.13. The number of carbonyl (C=O) groups is 1. The van der Waals surface area contributed by atoms with Crippen molar-refractivity contribution in [3.63, 3.8) is 0 Å². The van der Waals surface area contributed by atoms with Crippen LogP contribution in [-0.4, -0.2) is 62.3 Å². The number of rotatable bonds is 7. The Morgan fingerprint density at radius 2 is 1.73 bits per heavy atom. The minimum atomic E-state index is -0.235. The largest absolute Gasteiger partial charge is 0.462 e. The highest BCUT2D eigenvalue weighted by Crippen LogP contribution is 2.61. The third kappa shape index (κ3) is 5.59. The van der Waals surface area contributed by atoms with Crippen LogP contribution >= 0.6 is 0 Å². The lowest BCUT2D eigenvalue weighted by Gasteiger charge is -2.63. The number of esters is 1. The smallest absolute Gasteiger partial charge is 0.338 e. The molecule has 37 heavy (non-hydrogen) atoms. The summed E-state index contributed by atoms with van der Waals surface area (Å²) in [5.74, 6) is 3.12. The summed E-state index contributed by atoms with van der Waals surface area (Å²) in [5, 5.41) is 4.27. The van der Waals surface area contributed by atoms with Crippen LogP contribution in [0.15, 0.2) is 24.3 Å². The van der Waals surface area contributed by atoms with Gasteiger partial charge in [0.25, 0.3) is 0 Å². The zero-order valence-electron chi connectivity index (χ0n) is 24.3. The highest BCUT2D eigenvalue weighted by atomic mass is 16.5. The van der Waals surface area contributed by atoms with Crippen molar-refractivity contribution in [1.82, 2.24) is 10.2 Å². The van der Waals surface area contributed by atoms with Crippen molar-refractivity contribution in [3.8, 4) is 0 Å². The normalized spacial score (nSPS) is 35.0. The second-order valence-corrected chi connectivity index (χ2v) is 14.1. The number of ether oxygens (including phenoxy) is 1. The van der Waals surface area contributed by atoms with Crippen molar-refractivity contribution >= 4 is 11.7 Å². The molecule has 0 aromatic heterocycles. The molecular formula is C32H51N3O2. The van der Waals surface area contributed by atoms with E-state index in [1.165, 1.54) is 44.3 Å². The molecule has 6 rings (SSSR count). The maximum absolute atomic E-state index is 12.0. The van der Waals surface area contributed by atoms with E-state index in [1.807, 2.05) is 19.1 Å². The first-order chi connectivity index (χ1) is 17.6. The molecule has 5 heteroatoms. The fourth-order valence-corrected chi connectivity index (χ4v) is 8.34. The van der Waals surface area contributed by atoms with E-state index >= 15 is 0 Å². The molecule has 1 aromatic rings. The Kier molecular flexibility index (Phi) is 7.68. The molecule has 1 heterocycles. The summed E-state index contributed by atoms with van der Waals surface area (Å²) in [7, 11) is 0. The number of nitrogens with one attached hydrogen (secondary N) is 1. The Morgan fingerprint density at radius 1 is 1.03 bits per heavy atom. The second-order valence-electron chi connectivity index (χ2n) is 14.1. The first-order valence-corrected chi connectivity index (χ1v) is 15.1. The minimum Gasteiger partial charge on any atom is -0.462 e. The molecule has 5 aliphatic rings. The van der Waals surface area contributed by atoms with Gasteiger partial charge in [-0.1, -0.05) is 34.6 Å². The predicted molar refractivity (Wildman–Crippen MR) is 152 cm³/mol. The fourth-order valence-electron chi connectivity index (χ4n) is 8.34. The van der Waals surface area contributed by atoms with E-state index in [2.05, 4.69) is 61.9 Å². The molecule has 2 unspecified atom stereocenters. The van der Waals surface area contributed by atoms with Crippen molar-refractivity contribution in [2.45, 2.75) is 85.7 Å². The number of nitrogens with zero attached hydrogens (tertiary/aromatic N) is 2. The maximum atomic E-state index is 12.0. The molecule has 0 amide bonds. The Labute approximate surface area is 225 Å². The van der Waals surface area contributed by atoms with Gasteiger partial charge in [-0.25, -0.2) is 4.79 Å². The minimum absolute atomic E-state index is 0.235. The van der Waals surface area contributed by atoms with Gasteiger partial charge in [0.05, 0.1) is 12.2 Å². The lowest BCUT2D eigenvalue weighted by Crippen LogP contribution is -2.62. The third-order valence-corrected chi connectivity index (χ3v) is 10.9. The summed E-state index contributed by atoms with van der Waals surface area (Å²) in [6.07, 6.45) is 6.84. The zero-order valence-corrected chi connectivity index (χ0v) is 24.3. The molecule has 0 spiro atoms. The molecule has 6 atom stereocenters. The Morgan fingerprint density at radius 3 is 2.35 bits per heavy atom. The van der Waals surface area contributed by atoms with E-state index in [9.17, 15) is 4.79 Å². The molecule has 4 aliphatic carbocycles. The second kappa shape index (κ2) is 10.5. The van der Waals surface area contributed by atoms with Crippen LogP contribution in [0.25, 0.3) is 0 Å². The van der Waals surface area contributed by atoms with E-state index in [4.69, 9.17) is 4.74 Å². The number of benzene rings is 1. The van der Waals surface area contributed by atoms with E-state index in [0.717, 1.165) is 49.9 Å². The van der Waals surface area contributed by atoms with Crippen LogP contribution in [0.3, 0.4) is 0 Å². The Balaban J connectivity index is 1.16. The van der Waals surface area contributed by atoms with Crippen LogP contribution in [0.4, 0.5) is 5.69 Å². The highest BCUT2D eigenvalue weighted by Gasteiger charge is 2.56. The van der Waals surface area contributed by atoms with Crippen LogP contribution in [0.5, 0.6) is 0 Å². The standard InChI is InChI=1S/C32H51N3O2/c1-7-37-30(36)23-8-10-26(11-9-23)35-16-14-34(15-17-35)21-24-20-31(3,4)13-12-28(24)33-29-19-25-18-27(22(29)2)32(25,5)6/h8-11,22,24-25,27-29,33H,7,12-21H2,1-6H3/t22-,24?,25-,27+,28?,29-/m0/s1. The van der Waals surface area contributed by atoms with Crippen LogP contribution in [0.1, 0.15) is 84.0 Å². The number of carbonyl (C=O) groups excluding carboxylic acids is 1. The SMILES string of the molecule is CCOC(=O)c1ccc(N2CCN(CC3CC(C)(C)CCC3N[C@H]3C[C@@H]4C[C@H]([C@@H]3C)C4(C)C)CC2)cc1. The zero-order chi connectivity index (χ0) is 26.4. The first-order valence-electron chi connectivity index (χ1n) is 15.1. The summed E-state index contributed by atoms with van der Waals surface area (Å²) >= 11 is 0. The number of hydrogen-bond acceptors (Lipinski definition) is 5. The predicted octanol–water partition coefficient (Wildman–Crippen LogP) is 5.84. The number of hydrogen-bond donors (Lipinski definition) is 1. The van der Waals surface area contributed by atoms with Gasteiger partial charge in [-0.15, -0.1) is 0 Å². The monoisotopic (exact) mass is 509 g/mol. The maximum Gasteiger partial charge on any atom is 0.338 e.